The van der Waals surface area contributed by atoms with Crippen LogP contribution in [0, 0.1) is 0 Å². The normalized spacial score (nSPS) is 21.4. The molecule has 6 heteroatoms. The van der Waals surface area contributed by atoms with Crippen molar-refractivity contribution in [1.29, 1.82) is 0 Å². The molecule has 2 amide bonds. The lowest BCUT2D eigenvalue weighted by atomic mass is 10.1. The number of hydrogen-bond acceptors (Lipinski definition) is 3. The van der Waals surface area contributed by atoms with Gasteiger partial charge in [0.15, 0.2) is 0 Å². The van der Waals surface area contributed by atoms with Crippen molar-refractivity contribution in [3.8, 4) is 0 Å². The number of urea groups is 1. The van der Waals surface area contributed by atoms with Gasteiger partial charge in [-0.1, -0.05) is 12.1 Å². The van der Waals surface area contributed by atoms with E-state index in [1.165, 1.54) is 0 Å². The molecular formula is C14H18N2O4. The van der Waals surface area contributed by atoms with Crippen molar-refractivity contribution in [3.63, 3.8) is 0 Å². The standard InChI is InChI=1S/C14H18N2O4/c1-9-12(5-6-20-9)16-14(19)15-11-4-2-3-10(7-11)8-13(17)18/h2-4,7,9,12H,5-6,8H2,1H3,(H,17,18)(H2,15,16,19). The van der Waals surface area contributed by atoms with Gasteiger partial charge in [-0.15, -0.1) is 0 Å². The summed E-state index contributed by atoms with van der Waals surface area (Å²) in [7, 11) is 0. The minimum atomic E-state index is -0.900. The van der Waals surface area contributed by atoms with E-state index < -0.39 is 5.97 Å². The summed E-state index contributed by atoms with van der Waals surface area (Å²) in [5.74, 6) is -0.900. The van der Waals surface area contributed by atoms with Crippen LogP contribution in [0.5, 0.6) is 0 Å². The van der Waals surface area contributed by atoms with Crippen LogP contribution in [0.1, 0.15) is 18.9 Å². The quantitative estimate of drug-likeness (QED) is 0.781. The molecule has 0 radical (unpaired) electrons. The van der Waals surface area contributed by atoms with Crippen LogP contribution in [0.15, 0.2) is 24.3 Å². The molecule has 0 saturated carbocycles. The third-order valence-corrected chi connectivity index (χ3v) is 3.23. The van der Waals surface area contributed by atoms with Crippen molar-refractivity contribution in [3.05, 3.63) is 29.8 Å². The van der Waals surface area contributed by atoms with Gasteiger partial charge in [-0.05, 0) is 31.0 Å². The van der Waals surface area contributed by atoms with Crippen molar-refractivity contribution < 1.29 is 19.4 Å². The van der Waals surface area contributed by atoms with E-state index in [1.54, 1.807) is 24.3 Å². The zero-order valence-corrected chi connectivity index (χ0v) is 11.3. The highest BCUT2D eigenvalue weighted by molar-refractivity contribution is 5.89. The topological polar surface area (TPSA) is 87.7 Å². The Morgan fingerprint density at radius 1 is 1.45 bits per heavy atom. The first kappa shape index (κ1) is 14.3. The van der Waals surface area contributed by atoms with E-state index >= 15 is 0 Å². The number of amides is 2. The Labute approximate surface area is 117 Å². The van der Waals surface area contributed by atoms with E-state index in [4.69, 9.17) is 9.84 Å². The number of rotatable bonds is 4. The molecule has 1 aliphatic rings. The summed E-state index contributed by atoms with van der Waals surface area (Å²) < 4.78 is 5.37. The summed E-state index contributed by atoms with van der Waals surface area (Å²) in [6, 6.07) is 6.51. The van der Waals surface area contributed by atoms with Gasteiger partial charge in [0, 0.05) is 12.3 Å². The van der Waals surface area contributed by atoms with Crippen molar-refractivity contribution in [1.82, 2.24) is 5.32 Å². The fourth-order valence-corrected chi connectivity index (χ4v) is 2.19. The molecule has 0 bridgehead atoms. The smallest absolute Gasteiger partial charge is 0.319 e. The summed E-state index contributed by atoms with van der Waals surface area (Å²) in [6.45, 7) is 2.58. The van der Waals surface area contributed by atoms with Gasteiger partial charge in [-0.25, -0.2) is 4.79 Å². The average molecular weight is 278 g/mol. The first-order valence-electron chi connectivity index (χ1n) is 6.54. The van der Waals surface area contributed by atoms with Crippen molar-refractivity contribution in [2.45, 2.75) is 31.9 Å². The minimum Gasteiger partial charge on any atom is -0.481 e. The van der Waals surface area contributed by atoms with Crippen LogP contribution in [0.3, 0.4) is 0 Å². The predicted molar refractivity (Wildman–Crippen MR) is 73.8 cm³/mol. The van der Waals surface area contributed by atoms with Gasteiger partial charge >= 0.3 is 12.0 Å². The molecule has 108 valence electrons. The number of carbonyl (C=O) groups excluding carboxylic acids is 1. The van der Waals surface area contributed by atoms with Crippen LogP contribution in [0.4, 0.5) is 10.5 Å². The molecule has 6 nitrogen and oxygen atoms in total. The zero-order valence-electron chi connectivity index (χ0n) is 11.3. The number of anilines is 1. The van der Waals surface area contributed by atoms with Crippen LogP contribution < -0.4 is 10.6 Å². The maximum Gasteiger partial charge on any atom is 0.319 e. The Morgan fingerprint density at radius 2 is 2.25 bits per heavy atom. The van der Waals surface area contributed by atoms with Crippen LogP contribution in [-0.2, 0) is 16.0 Å². The van der Waals surface area contributed by atoms with Gasteiger partial charge in [0.1, 0.15) is 0 Å². The van der Waals surface area contributed by atoms with Crippen molar-refractivity contribution in [2.24, 2.45) is 0 Å². The largest absolute Gasteiger partial charge is 0.481 e. The molecule has 1 saturated heterocycles. The minimum absolute atomic E-state index is 0.0113. The van der Waals surface area contributed by atoms with E-state index in [-0.39, 0.29) is 24.6 Å². The lowest BCUT2D eigenvalue weighted by molar-refractivity contribution is -0.136. The van der Waals surface area contributed by atoms with E-state index in [1.807, 2.05) is 6.92 Å². The fourth-order valence-electron chi connectivity index (χ4n) is 2.19. The second-order valence-corrected chi connectivity index (χ2v) is 4.84. The number of benzene rings is 1. The van der Waals surface area contributed by atoms with Crippen LogP contribution in [0.25, 0.3) is 0 Å². The SMILES string of the molecule is CC1OCCC1NC(=O)Nc1cccc(CC(=O)O)c1. The molecule has 1 aromatic rings. The lowest BCUT2D eigenvalue weighted by Crippen LogP contribution is -2.41. The van der Waals surface area contributed by atoms with Crippen LogP contribution in [-0.4, -0.2) is 35.9 Å². The number of carboxylic acids is 1. The molecule has 1 heterocycles. The Bertz CT molecular complexity index is 504. The molecule has 1 aliphatic heterocycles. The second-order valence-electron chi connectivity index (χ2n) is 4.84. The molecule has 1 fully saturated rings. The average Bonchev–Trinajstić information content (AvgIpc) is 2.74. The number of carboxylic acid groups (broad SMARTS) is 1. The number of ether oxygens (including phenoxy) is 1. The van der Waals surface area contributed by atoms with Crippen LogP contribution >= 0.6 is 0 Å². The lowest BCUT2D eigenvalue weighted by Gasteiger charge is -2.16. The van der Waals surface area contributed by atoms with Crippen LogP contribution in [0.2, 0.25) is 0 Å². The Hall–Kier alpha value is -2.08. The van der Waals surface area contributed by atoms with E-state index in [2.05, 4.69) is 10.6 Å². The van der Waals surface area contributed by atoms with E-state index in [0.29, 0.717) is 17.9 Å². The maximum absolute atomic E-state index is 11.9. The second kappa shape index (κ2) is 6.38. The first-order chi connectivity index (χ1) is 9.54. The van der Waals surface area contributed by atoms with Gasteiger partial charge in [-0.2, -0.15) is 0 Å². The fraction of sp³-hybridized carbons (Fsp3) is 0.429. The summed E-state index contributed by atoms with van der Waals surface area (Å²) in [4.78, 5) is 22.5. The highest BCUT2D eigenvalue weighted by atomic mass is 16.5. The summed E-state index contributed by atoms with van der Waals surface area (Å²) in [6.07, 6.45) is 0.747. The third-order valence-electron chi connectivity index (χ3n) is 3.23. The molecular weight excluding hydrogens is 260 g/mol. The molecule has 0 aromatic heterocycles. The van der Waals surface area contributed by atoms with Gasteiger partial charge < -0.3 is 20.5 Å². The number of aliphatic carboxylic acids is 1. The Kier molecular flexibility index (Phi) is 4.57. The number of nitrogens with one attached hydrogen (secondary N) is 2. The molecule has 3 N–H and O–H groups in total. The summed E-state index contributed by atoms with van der Waals surface area (Å²) in [5, 5.41) is 14.3. The van der Waals surface area contributed by atoms with Gasteiger partial charge in [0.05, 0.1) is 18.6 Å². The Morgan fingerprint density at radius 3 is 2.90 bits per heavy atom. The monoisotopic (exact) mass is 278 g/mol. The third kappa shape index (κ3) is 3.96. The predicted octanol–water partition coefficient (Wildman–Crippen LogP) is 1.61. The first-order valence-corrected chi connectivity index (χ1v) is 6.54. The molecule has 2 rings (SSSR count). The molecule has 0 aliphatic carbocycles. The molecule has 1 aromatic carbocycles. The maximum atomic E-state index is 11.9. The number of hydrogen-bond donors (Lipinski definition) is 3. The van der Waals surface area contributed by atoms with Gasteiger partial charge in [0.2, 0.25) is 0 Å². The van der Waals surface area contributed by atoms with Crippen molar-refractivity contribution in [2.75, 3.05) is 11.9 Å². The Balaban J connectivity index is 1.92. The van der Waals surface area contributed by atoms with Crippen molar-refractivity contribution >= 4 is 17.7 Å². The number of carbonyl (C=O) groups is 2. The molecule has 2 atom stereocenters. The summed E-state index contributed by atoms with van der Waals surface area (Å²) in [5.41, 5.74) is 1.22. The molecule has 0 spiro atoms. The van der Waals surface area contributed by atoms with E-state index in [0.717, 1.165) is 6.42 Å². The van der Waals surface area contributed by atoms with E-state index in [9.17, 15) is 9.59 Å². The highest BCUT2D eigenvalue weighted by Crippen LogP contribution is 2.14. The summed E-state index contributed by atoms with van der Waals surface area (Å²) >= 11 is 0. The zero-order chi connectivity index (χ0) is 14.5. The molecule has 20 heavy (non-hydrogen) atoms. The van der Waals surface area contributed by atoms with Gasteiger partial charge in [0.25, 0.3) is 0 Å². The van der Waals surface area contributed by atoms with Gasteiger partial charge in [-0.3, -0.25) is 4.79 Å². The highest BCUT2D eigenvalue weighted by Gasteiger charge is 2.25. The molecule has 2 unspecified atom stereocenters.